The van der Waals surface area contributed by atoms with Crippen LogP contribution in [-0.4, -0.2) is 40.1 Å². The maximum absolute atomic E-state index is 12.2. The van der Waals surface area contributed by atoms with Gasteiger partial charge in [-0.15, -0.1) is 11.3 Å². The number of aryl methyl sites for hydroxylation is 1. The second-order valence-electron chi connectivity index (χ2n) is 5.09. The average molecular weight is 280 g/mol. The van der Waals surface area contributed by atoms with Crippen molar-refractivity contribution >= 4 is 23.3 Å². The van der Waals surface area contributed by atoms with Crippen molar-refractivity contribution < 1.29 is 9.90 Å². The number of thiazole rings is 1. The lowest BCUT2D eigenvalue weighted by atomic mass is 9.94. The minimum absolute atomic E-state index is 0.0105. The summed E-state index contributed by atoms with van der Waals surface area (Å²) >= 11 is 1.58. The van der Waals surface area contributed by atoms with Crippen molar-refractivity contribution in [3.8, 4) is 0 Å². The van der Waals surface area contributed by atoms with E-state index in [-0.39, 0.29) is 24.5 Å². The molecule has 1 N–H and O–H groups in total. The van der Waals surface area contributed by atoms with Crippen molar-refractivity contribution in [2.75, 3.05) is 13.2 Å². The zero-order chi connectivity index (χ0) is 13.8. The monoisotopic (exact) mass is 280 g/mol. The number of aliphatic hydroxyl groups excluding tert-OH is 1. The summed E-state index contributed by atoms with van der Waals surface area (Å²) in [6.07, 6.45) is 5.31. The first-order valence-electron chi connectivity index (χ1n) is 6.62. The third kappa shape index (κ3) is 3.64. The van der Waals surface area contributed by atoms with Crippen LogP contribution in [0.5, 0.6) is 0 Å². The first-order chi connectivity index (χ1) is 9.10. The summed E-state index contributed by atoms with van der Waals surface area (Å²) < 4.78 is 0. The molecule has 2 heterocycles. The van der Waals surface area contributed by atoms with Crippen LogP contribution in [0.25, 0.3) is 6.08 Å². The predicted octanol–water partition coefficient (Wildman–Crippen LogP) is 2.08. The predicted molar refractivity (Wildman–Crippen MR) is 76.9 cm³/mol. The zero-order valence-corrected chi connectivity index (χ0v) is 12.2. The van der Waals surface area contributed by atoms with E-state index in [2.05, 4.69) is 11.9 Å². The van der Waals surface area contributed by atoms with Crippen molar-refractivity contribution in [3.63, 3.8) is 0 Å². The van der Waals surface area contributed by atoms with Crippen LogP contribution in [0, 0.1) is 12.8 Å². The largest absolute Gasteiger partial charge is 0.396 e. The van der Waals surface area contributed by atoms with Gasteiger partial charge in [0.15, 0.2) is 0 Å². The SMILES string of the molecule is Cc1nc(/C=C/C(=O)N2CC(CO)CCC2C)cs1. The van der Waals surface area contributed by atoms with Crippen molar-refractivity contribution in [2.24, 2.45) is 5.92 Å². The van der Waals surface area contributed by atoms with Crippen LogP contribution in [-0.2, 0) is 4.79 Å². The van der Waals surface area contributed by atoms with Crippen LogP contribution < -0.4 is 0 Å². The van der Waals surface area contributed by atoms with Crippen LogP contribution in [0.4, 0.5) is 0 Å². The van der Waals surface area contributed by atoms with Crippen molar-refractivity contribution in [3.05, 3.63) is 22.2 Å². The van der Waals surface area contributed by atoms with Gasteiger partial charge in [0.2, 0.25) is 5.91 Å². The van der Waals surface area contributed by atoms with Crippen molar-refractivity contribution in [1.82, 2.24) is 9.88 Å². The second kappa shape index (κ2) is 6.30. The van der Waals surface area contributed by atoms with Gasteiger partial charge in [0, 0.05) is 30.6 Å². The lowest BCUT2D eigenvalue weighted by Gasteiger charge is -2.36. The Labute approximate surface area is 117 Å². The maximum atomic E-state index is 12.2. The first-order valence-corrected chi connectivity index (χ1v) is 7.49. The molecule has 19 heavy (non-hydrogen) atoms. The van der Waals surface area contributed by atoms with Gasteiger partial charge in [-0.2, -0.15) is 0 Å². The summed E-state index contributed by atoms with van der Waals surface area (Å²) in [5, 5.41) is 12.2. The molecule has 1 aliphatic rings. The molecule has 4 nitrogen and oxygen atoms in total. The second-order valence-corrected chi connectivity index (χ2v) is 6.15. The number of carbonyl (C=O) groups excluding carboxylic acids is 1. The topological polar surface area (TPSA) is 53.4 Å². The van der Waals surface area contributed by atoms with Gasteiger partial charge in [-0.3, -0.25) is 4.79 Å². The van der Waals surface area contributed by atoms with E-state index in [4.69, 9.17) is 0 Å². The molecule has 0 saturated carbocycles. The average Bonchev–Trinajstić information content (AvgIpc) is 2.82. The summed E-state index contributed by atoms with van der Waals surface area (Å²) in [5.74, 6) is 0.228. The fourth-order valence-electron chi connectivity index (χ4n) is 2.35. The highest BCUT2D eigenvalue weighted by Crippen LogP contribution is 2.22. The quantitative estimate of drug-likeness (QED) is 0.863. The van der Waals surface area contributed by atoms with E-state index in [1.807, 2.05) is 17.2 Å². The molecule has 2 atom stereocenters. The minimum Gasteiger partial charge on any atom is -0.396 e. The number of carbonyl (C=O) groups is 1. The van der Waals surface area contributed by atoms with Gasteiger partial charge < -0.3 is 10.0 Å². The zero-order valence-electron chi connectivity index (χ0n) is 11.4. The van der Waals surface area contributed by atoms with Crippen LogP contribution in [0.3, 0.4) is 0 Å². The number of piperidine rings is 1. The number of nitrogens with zero attached hydrogens (tertiary/aromatic N) is 2. The molecule has 2 rings (SSSR count). The molecule has 0 bridgehead atoms. The molecule has 0 aromatic carbocycles. The number of aliphatic hydroxyl groups is 1. The van der Waals surface area contributed by atoms with Gasteiger partial charge >= 0.3 is 0 Å². The number of hydrogen-bond acceptors (Lipinski definition) is 4. The summed E-state index contributed by atoms with van der Waals surface area (Å²) in [6, 6.07) is 0.247. The lowest BCUT2D eigenvalue weighted by molar-refractivity contribution is -0.130. The van der Waals surface area contributed by atoms with E-state index in [9.17, 15) is 9.90 Å². The van der Waals surface area contributed by atoms with E-state index in [0.29, 0.717) is 6.54 Å². The Morgan fingerprint density at radius 1 is 1.63 bits per heavy atom. The van der Waals surface area contributed by atoms with Gasteiger partial charge in [0.05, 0.1) is 10.7 Å². The van der Waals surface area contributed by atoms with Gasteiger partial charge in [-0.05, 0) is 38.7 Å². The molecule has 1 aromatic heterocycles. The fourth-order valence-corrected chi connectivity index (χ4v) is 2.93. The number of amides is 1. The molecule has 1 fully saturated rings. The Morgan fingerprint density at radius 2 is 2.42 bits per heavy atom. The molecule has 104 valence electrons. The van der Waals surface area contributed by atoms with E-state index < -0.39 is 0 Å². The smallest absolute Gasteiger partial charge is 0.246 e. The van der Waals surface area contributed by atoms with Crippen molar-refractivity contribution in [2.45, 2.75) is 32.7 Å². The summed E-state index contributed by atoms with van der Waals surface area (Å²) in [5.41, 5.74) is 0.833. The summed E-state index contributed by atoms with van der Waals surface area (Å²) in [6.45, 7) is 4.82. The van der Waals surface area contributed by atoms with Crippen LogP contribution in [0.1, 0.15) is 30.5 Å². The number of aromatic nitrogens is 1. The Morgan fingerprint density at radius 3 is 3.05 bits per heavy atom. The van der Waals surface area contributed by atoms with E-state index >= 15 is 0 Å². The minimum atomic E-state index is 0.0105. The number of likely N-dealkylation sites (tertiary alicyclic amines) is 1. The molecule has 2 unspecified atom stereocenters. The van der Waals surface area contributed by atoms with Crippen LogP contribution in [0.2, 0.25) is 0 Å². The van der Waals surface area contributed by atoms with Crippen molar-refractivity contribution in [1.29, 1.82) is 0 Å². The molecule has 0 spiro atoms. The van der Waals surface area contributed by atoms with E-state index in [1.54, 1.807) is 23.5 Å². The normalized spacial score (nSPS) is 24.1. The first kappa shape index (κ1) is 14.2. The molecular formula is C14H20N2O2S. The molecule has 1 aromatic rings. The highest BCUT2D eigenvalue weighted by atomic mass is 32.1. The Balaban J connectivity index is 2.00. The molecule has 1 saturated heterocycles. The Bertz CT molecular complexity index is 470. The van der Waals surface area contributed by atoms with Crippen LogP contribution >= 0.6 is 11.3 Å². The molecule has 1 aliphatic heterocycles. The Kier molecular flexibility index (Phi) is 4.71. The standard InChI is InChI=1S/C14H20N2O2S/c1-10-3-4-12(8-17)7-16(10)14(18)6-5-13-9-19-11(2)15-13/h5-6,9-10,12,17H,3-4,7-8H2,1-2H3/b6-5+. The van der Waals surface area contributed by atoms with E-state index in [0.717, 1.165) is 23.5 Å². The van der Waals surface area contributed by atoms with Gasteiger partial charge in [-0.25, -0.2) is 4.98 Å². The number of hydrogen-bond donors (Lipinski definition) is 1. The Hall–Kier alpha value is -1.20. The maximum Gasteiger partial charge on any atom is 0.246 e. The number of rotatable bonds is 3. The molecule has 0 radical (unpaired) electrons. The molecule has 1 amide bonds. The summed E-state index contributed by atoms with van der Waals surface area (Å²) in [7, 11) is 0. The van der Waals surface area contributed by atoms with Gasteiger partial charge in [-0.1, -0.05) is 0 Å². The highest BCUT2D eigenvalue weighted by molar-refractivity contribution is 7.09. The fraction of sp³-hybridized carbons (Fsp3) is 0.571. The van der Waals surface area contributed by atoms with Crippen LogP contribution in [0.15, 0.2) is 11.5 Å². The van der Waals surface area contributed by atoms with Gasteiger partial charge in [0.1, 0.15) is 0 Å². The lowest BCUT2D eigenvalue weighted by Crippen LogP contribution is -2.45. The molecule has 5 heteroatoms. The third-order valence-electron chi connectivity index (χ3n) is 3.55. The van der Waals surface area contributed by atoms with E-state index in [1.165, 1.54) is 0 Å². The van der Waals surface area contributed by atoms with Gasteiger partial charge in [0.25, 0.3) is 0 Å². The third-order valence-corrected chi connectivity index (χ3v) is 4.35. The molecule has 0 aliphatic carbocycles. The summed E-state index contributed by atoms with van der Waals surface area (Å²) in [4.78, 5) is 18.3. The molecular weight excluding hydrogens is 260 g/mol. The highest BCUT2D eigenvalue weighted by Gasteiger charge is 2.27.